The van der Waals surface area contributed by atoms with Crippen molar-refractivity contribution in [1.82, 2.24) is 19.9 Å². The van der Waals surface area contributed by atoms with Gasteiger partial charge >= 0.3 is 0 Å². The van der Waals surface area contributed by atoms with E-state index in [0.717, 1.165) is 27.8 Å². The fourth-order valence-corrected chi connectivity index (χ4v) is 4.26. The molecule has 0 saturated carbocycles. The number of furan rings is 1. The predicted octanol–water partition coefficient (Wildman–Crippen LogP) is 3.68. The number of nitrogens with two attached hydrogens (primary N) is 1. The molecule has 2 N–H and O–H groups in total. The van der Waals surface area contributed by atoms with Crippen LogP contribution in [0.4, 0.5) is 0 Å². The molecule has 0 bridgehead atoms. The van der Waals surface area contributed by atoms with Crippen molar-refractivity contribution >= 4 is 23.1 Å². The minimum atomic E-state index is 0.481. The molecule has 0 radical (unpaired) electrons. The van der Waals surface area contributed by atoms with Gasteiger partial charge in [-0.1, -0.05) is 11.8 Å². The molecule has 10 heteroatoms. The maximum atomic E-state index is 6.08. The van der Waals surface area contributed by atoms with Crippen molar-refractivity contribution in [1.29, 1.82) is 0 Å². The van der Waals surface area contributed by atoms with Crippen LogP contribution in [0.15, 0.2) is 51.5 Å². The Bertz CT molecular complexity index is 1080. The molecule has 0 unspecified atom stereocenters. The van der Waals surface area contributed by atoms with Crippen LogP contribution < -0.4 is 15.3 Å². The van der Waals surface area contributed by atoms with E-state index >= 15 is 0 Å². The summed E-state index contributed by atoms with van der Waals surface area (Å²) < 4.78 is 17.5. The van der Waals surface area contributed by atoms with Gasteiger partial charge < -0.3 is 19.7 Å². The summed E-state index contributed by atoms with van der Waals surface area (Å²) in [6.45, 7) is 0. The first-order chi connectivity index (χ1) is 13.7. The summed E-state index contributed by atoms with van der Waals surface area (Å²) in [6.07, 6.45) is 1.57. The Balaban J connectivity index is 1.49. The Labute approximate surface area is 169 Å². The minimum absolute atomic E-state index is 0.481. The highest BCUT2D eigenvalue weighted by Crippen LogP contribution is 2.36. The molecular weight excluding hydrogens is 398 g/mol. The van der Waals surface area contributed by atoms with Gasteiger partial charge in [0.2, 0.25) is 11.0 Å². The maximum Gasteiger partial charge on any atom is 0.218 e. The predicted molar refractivity (Wildman–Crippen MR) is 108 cm³/mol. The van der Waals surface area contributed by atoms with E-state index in [1.54, 1.807) is 44.0 Å². The average molecular weight is 416 g/mol. The number of hydrogen-bond acceptors (Lipinski definition) is 9. The number of hydrogen-bond donors (Lipinski definition) is 1. The Morgan fingerprint density at radius 1 is 1.21 bits per heavy atom. The summed E-state index contributed by atoms with van der Waals surface area (Å²) >= 11 is 3.01. The third-order valence-corrected chi connectivity index (χ3v) is 5.85. The summed E-state index contributed by atoms with van der Waals surface area (Å²) in [5, 5.41) is 11.7. The summed E-state index contributed by atoms with van der Waals surface area (Å²) in [6, 6.07) is 9.25. The van der Waals surface area contributed by atoms with Crippen LogP contribution in [0.25, 0.3) is 22.2 Å². The van der Waals surface area contributed by atoms with Crippen molar-refractivity contribution in [2.45, 2.75) is 10.9 Å². The molecule has 3 aromatic heterocycles. The number of rotatable bonds is 7. The van der Waals surface area contributed by atoms with E-state index in [9.17, 15) is 0 Å². The Kier molecular flexibility index (Phi) is 5.22. The fourth-order valence-electron chi connectivity index (χ4n) is 2.56. The van der Waals surface area contributed by atoms with Crippen LogP contribution in [0.3, 0.4) is 0 Å². The summed E-state index contributed by atoms with van der Waals surface area (Å²) in [7, 11) is 3.26. The van der Waals surface area contributed by atoms with Gasteiger partial charge in [-0.2, -0.15) is 0 Å². The molecule has 4 aromatic rings. The summed E-state index contributed by atoms with van der Waals surface area (Å²) in [4.78, 5) is 4.71. The molecule has 0 atom stereocenters. The van der Waals surface area contributed by atoms with Crippen LogP contribution in [0, 0.1) is 0 Å². The molecule has 1 aromatic carbocycles. The summed E-state index contributed by atoms with van der Waals surface area (Å²) in [5.41, 5.74) is 1.84. The van der Waals surface area contributed by atoms with Crippen LogP contribution >= 0.6 is 23.1 Å². The van der Waals surface area contributed by atoms with Crippen LogP contribution in [0.5, 0.6) is 11.5 Å². The van der Waals surface area contributed by atoms with Crippen molar-refractivity contribution < 1.29 is 13.9 Å². The summed E-state index contributed by atoms with van der Waals surface area (Å²) in [5.74, 6) is 9.21. The zero-order chi connectivity index (χ0) is 19.5. The lowest BCUT2D eigenvalue weighted by molar-refractivity contribution is 0.395. The molecule has 0 fully saturated rings. The van der Waals surface area contributed by atoms with Gasteiger partial charge in [-0.3, -0.25) is 0 Å². The molecular formula is C18H17N5O3S2. The first-order valence-corrected chi connectivity index (χ1v) is 10.1. The second-order valence-electron chi connectivity index (χ2n) is 5.65. The lowest BCUT2D eigenvalue weighted by Gasteiger charge is -2.08. The Morgan fingerprint density at radius 3 is 2.86 bits per heavy atom. The standard InChI is InChI=1S/C18H17N5O3S2/c1-24-12-5-6-13(15(8-12)25-2)17-20-11(9-27-17)10-28-18-22-21-16(23(18)19)14-4-3-7-26-14/h3-9H,10,19H2,1-2H3. The topological polar surface area (TPSA) is 101 Å². The molecule has 0 spiro atoms. The normalized spacial score (nSPS) is 10.9. The molecule has 144 valence electrons. The minimum Gasteiger partial charge on any atom is -0.497 e. The number of thiazole rings is 1. The third-order valence-electron chi connectivity index (χ3n) is 3.95. The zero-order valence-corrected chi connectivity index (χ0v) is 16.8. The molecule has 8 nitrogen and oxygen atoms in total. The van der Waals surface area contributed by atoms with Gasteiger partial charge in [0.05, 0.1) is 31.7 Å². The third kappa shape index (κ3) is 3.56. The lowest BCUT2D eigenvalue weighted by atomic mass is 10.2. The zero-order valence-electron chi connectivity index (χ0n) is 15.2. The van der Waals surface area contributed by atoms with Crippen LogP contribution in [-0.2, 0) is 5.75 Å². The molecule has 3 heterocycles. The van der Waals surface area contributed by atoms with Crippen molar-refractivity contribution in [3.63, 3.8) is 0 Å². The highest BCUT2D eigenvalue weighted by molar-refractivity contribution is 7.98. The molecule has 28 heavy (non-hydrogen) atoms. The van der Waals surface area contributed by atoms with Crippen LogP contribution in [0.2, 0.25) is 0 Å². The number of ether oxygens (including phenoxy) is 2. The smallest absolute Gasteiger partial charge is 0.218 e. The van der Waals surface area contributed by atoms with E-state index in [1.807, 2.05) is 23.6 Å². The first kappa shape index (κ1) is 18.4. The van der Waals surface area contributed by atoms with E-state index in [2.05, 4.69) is 10.2 Å². The molecule has 0 aliphatic heterocycles. The van der Waals surface area contributed by atoms with Crippen LogP contribution in [0.1, 0.15) is 5.69 Å². The average Bonchev–Trinajstić information content (AvgIpc) is 3.47. The van der Waals surface area contributed by atoms with E-state index < -0.39 is 0 Å². The van der Waals surface area contributed by atoms with Gasteiger partial charge in [0.1, 0.15) is 16.5 Å². The monoisotopic (exact) mass is 415 g/mol. The van der Waals surface area contributed by atoms with Gasteiger partial charge in [0.25, 0.3) is 0 Å². The van der Waals surface area contributed by atoms with E-state index in [1.165, 1.54) is 16.4 Å². The quantitative estimate of drug-likeness (QED) is 0.360. The first-order valence-electron chi connectivity index (χ1n) is 8.23. The fraction of sp³-hybridized carbons (Fsp3) is 0.167. The Morgan fingerprint density at radius 2 is 2.11 bits per heavy atom. The second kappa shape index (κ2) is 7.95. The van der Waals surface area contributed by atoms with Crippen molar-refractivity contribution in [3.05, 3.63) is 47.7 Å². The molecule has 0 aliphatic rings. The molecule has 0 aliphatic carbocycles. The van der Waals surface area contributed by atoms with Gasteiger partial charge in [0.15, 0.2) is 5.76 Å². The SMILES string of the molecule is COc1ccc(-c2nc(CSc3nnc(-c4ccco4)n3N)cs2)c(OC)c1. The number of benzene rings is 1. The van der Waals surface area contributed by atoms with E-state index in [4.69, 9.17) is 24.7 Å². The number of thioether (sulfide) groups is 1. The van der Waals surface area contributed by atoms with E-state index in [-0.39, 0.29) is 0 Å². The highest BCUT2D eigenvalue weighted by atomic mass is 32.2. The lowest BCUT2D eigenvalue weighted by Crippen LogP contribution is -2.11. The number of nitrogens with zero attached hydrogens (tertiary/aromatic N) is 4. The van der Waals surface area contributed by atoms with E-state index in [0.29, 0.717) is 22.5 Å². The molecule has 0 amide bonds. The van der Waals surface area contributed by atoms with Crippen molar-refractivity contribution in [2.75, 3.05) is 20.1 Å². The van der Waals surface area contributed by atoms with Gasteiger partial charge in [-0.25, -0.2) is 9.66 Å². The molecule has 0 saturated heterocycles. The van der Waals surface area contributed by atoms with Gasteiger partial charge in [-0.15, -0.1) is 21.5 Å². The number of nitrogen functional groups attached to an aromatic ring is 1. The van der Waals surface area contributed by atoms with Crippen molar-refractivity contribution in [2.24, 2.45) is 0 Å². The second-order valence-corrected chi connectivity index (χ2v) is 7.45. The van der Waals surface area contributed by atoms with Crippen LogP contribution in [-0.4, -0.2) is 34.1 Å². The molecule has 4 rings (SSSR count). The van der Waals surface area contributed by atoms with Gasteiger partial charge in [-0.05, 0) is 24.3 Å². The largest absolute Gasteiger partial charge is 0.497 e. The number of aromatic nitrogens is 4. The van der Waals surface area contributed by atoms with Gasteiger partial charge in [0, 0.05) is 17.2 Å². The highest BCUT2D eigenvalue weighted by Gasteiger charge is 2.16. The Hall–Kier alpha value is -2.98. The van der Waals surface area contributed by atoms with Crippen molar-refractivity contribution in [3.8, 4) is 33.7 Å². The maximum absolute atomic E-state index is 6.08. The number of methoxy groups -OCH3 is 2.